The number of hydrogen-bond donors (Lipinski definition) is 2. The molecule has 23 heavy (non-hydrogen) atoms. The Labute approximate surface area is 144 Å². The monoisotopic (exact) mass is 350 g/mol. The maximum absolute atomic E-state index is 12.1. The van der Waals surface area contributed by atoms with Crippen LogP contribution in [-0.2, 0) is 11.3 Å². The van der Waals surface area contributed by atoms with Gasteiger partial charge in [0.15, 0.2) is 0 Å². The Hall–Kier alpha value is -2.04. The number of carbonyl (C=O) groups excluding carboxylic acids is 2. The van der Waals surface area contributed by atoms with Crippen LogP contribution < -0.4 is 10.6 Å². The minimum absolute atomic E-state index is 0.296. The van der Waals surface area contributed by atoms with Gasteiger partial charge in [-0.3, -0.25) is 9.59 Å². The quantitative estimate of drug-likeness (QED) is 0.867. The minimum atomic E-state index is -0.693. The molecule has 0 heterocycles. The van der Waals surface area contributed by atoms with E-state index in [1.807, 2.05) is 18.2 Å². The molecule has 2 amide bonds. The molecule has 4 nitrogen and oxygen atoms in total. The highest BCUT2D eigenvalue weighted by Crippen LogP contribution is 2.15. The molecule has 6 heteroatoms. The van der Waals surface area contributed by atoms with Crippen molar-refractivity contribution < 1.29 is 9.59 Å². The smallest absolute Gasteiger partial charge is 0.253 e. The molecule has 0 aliphatic rings. The van der Waals surface area contributed by atoms with E-state index >= 15 is 0 Å². The van der Waals surface area contributed by atoms with Crippen molar-refractivity contribution in [2.45, 2.75) is 19.5 Å². The summed E-state index contributed by atoms with van der Waals surface area (Å²) in [4.78, 5) is 24.2. The van der Waals surface area contributed by atoms with Crippen LogP contribution in [0.1, 0.15) is 22.8 Å². The van der Waals surface area contributed by atoms with E-state index in [0.29, 0.717) is 22.2 Å². The fraction of sp³-hybridized carbons (Fsp3) is 0.176. The number of benzene rings is 2. The standard InChI is InChI=1S/C17H16Cl2N2O2/c1-11(21-17(23)13-7-3-5-9-15(13)19)16(22)20-10-12-6-2-4-8-14(12)18/h2-9,11H,10H2,1H3,(H,20,22)(H,21,23)/t11-/m0/s1. The minimum Gasteiger partial charge on any atom is -0.350 e. The second kappa shape index (κ2) is 7.99. The number of rotatable bonds is 5. The molecule has 0 bridgehead atoms. The largest absolute Gasteiger partial charge is 0.350 e. The first-order valence-electron chi connectivity index (χ1n) is 7.05. The summed E-state index contributed by atoms with van der Waals surface area (Å²) in [5.74, 6) is -0.693. The van der Waals surface area contributed by atoms with Gasteiger partial charge in [0.05, 0.1) is 10.6 Å². The van der Waals surface area contributed by atoms with E-state index in [4.69, 9.17) is 23.2 Å². The van der Waals surface area contributed by atoms with Gasteiger partial charge in [-0.1, -0.05) is 53.5 Å². The molecule has 0 aliphatic heterocycles. The van der Waals surface area contributed by atoms with Crippen LogP contribution in [-0.4, -0.2) is 17.9 Å². The van der Waals surface area contributed by atoms with Crippen molar-refractivity contribution >= 4 is 35.0 Å². The van der Waals surface area contributed by atoms with Gasteiger partial charge in [0.2, 0.25) is 5.91 Å². The molecule has 0 fully saturated rings. The van der Waals surface area contributed by atoms with Crippen molar-refractivity contribution in [1.29, 1.82) is 0 Å². The van der Waals surface area contributed by atoms with Gasteiger partial charge in [-0.2, -0.15) is 0 Å². The summed E-state index contributed by atoms with van der Waals surface area (Å²) in [5, 5.41) is 6.28. The third-order valence-electron chi connectivity index (χ3n) is 3.27. The molecule has 0 saturated carbocycles. The molecule has 0 unspecified atom stereocenters. The highest BCUT2D eigenvalue weighted by Gasteiger charge is 2.18. The lowest BCUT2D eigenvalue weighted by atomic mass is 10.2. The van der Waals surface area contributed by atoms with Gasteiger partial charge in [-0.25, -0.2) is 0 Å². The summed E-state index contributed by atoms with van der Waals surface area (Å²) in [5.41, 5.74) is 1.15. The first-order chi connectivity index (χ1) is 11.0. The highest BCUT2D eigenvalue weighted by atomic mass is 35.5. The van der Waals surface area contributed by atoms with E-state index < -0.39 is 11.9 Å². The summed E-state index contributed by atoms with van der Waals surface area (Å²) in [6.07, 6.45) is 0. The Bertz CT molecular complexity index is 719. The summed E-state index contributed by atoms with van der Waals surface area (Å²) < 4.78 is 0. The zero-order chi connectivity index (χ0) is 16.8. The van der Waals surface area contributed by atoms with Crippen LogP contribution in [0.4, 0.5) is 0 Å². The summed E-state index contributed by atoms with van der Waals surface area (Å²) in [6, 6.07) is 13.2. The van der Waals surface area contributed by atoms with E-state index in [1.165, 1.54) is 0 Å². The average Bonchev–Trinajstić information content (AvgIpc) is 2.54. The van der Waals surface area contributed by atoms with Gasteiger partial charge in [-0.05, 0) is 30.7 Å². The van der Waals surface area contributed by atoms with Crippen LogP contribution in [0.15, 0.2) is 48.5 Å². The fourth-order valence-electron chi connectivity index (χ4n) is 1.96. The molecule has 120 valence electrons. The van der Waals surface area contributed by atoms with Gasteiger partial charge in [0.1, 0.15) is 6.04 Å². The lowest BCUT2D eigenvalue weighted by Gasteiger charge is -2.15. The molecule has 0 aliphatic carbocycles. The van der Waals surface area contributed by atoms with E-state index in [9.17, 15) is 9.59 Å². The number of hydrogen-bond acceptors (Lipinski definition) is 2. The van der Waals surface area contributed by atoms with Crippen LogP contribution in [0.2, 0.25) is 10.0 Å². The van der Waals surface area contributed by atoms with Gasteiger partial charge < -0.3 is 10.6 Å². The lowest BCUT2D eigenvalue weighted by Crippen LogP contribution is -2.44. The van der Waals surface area contributed by atoms with Gasteiger partial charge >= 0.3 is 0 Å². The highest BCUT2D eigenvalue weighted by molar-refractivity contribution is 6.33. The molecule has 2 aromatic carbocycles. The molecule has 2 aromatic rings. The maximum atomic E-state index is 12.1. The number of amides is 2. The van der Waals surface area contributed by atoms with E-state index in [1.54, 1.807) is 37.3 Å². The van der Waals surface area contributed by atoms with E-state index in [-0.39, 0.29) is 5.91 Å². The molecule has 0 aromatic heterocycles. The van der Waals surface area contributed by atoms with Crippen LogP contribution in [0.25, 0.3) is 0 Å². The first-order valence-corrected chi connectivity index (χ1v) is 7.81. The van der Waals surface area contributed by atoms with Crippen molar-refractivity contribution in [3.05, 3.63) is 69.7 Å². The van der Waals surface area contributed by atoms with Gasteiger partial charge in [-0.15, -0.1) is 0 Å². The predicted molar refractivity (Wildman–Crippen MR) is 91.7 cm³/mol. The molecular formula is C17H16Cl2N2O2. The zero-order valence-corrected chi connectivity index (χ0v) is 14.0. The Morgan fingerprint density at radius 2 is 1.61 bits per heavy atom. The molecule has 1 atom stereocenters. The third-order valence-corrected chi connectivity index (χ3v) is 3.97. The first kappa shape index (κ1) is 17.3. The van der Waals surface area contributed by atoms with E-state index in [2.05, 4.69) is 10.6 Å². The number of halogens is 2. The molecule has 0 saturated heterocycles. The Morgan fingerprint density at radius 3 is 2.26 bits per heavy atom. The van der Waals surface area contributed by atoms with Crippen LogP contribution in [0, 0.1) is 0 Å². The predicted octanol–water partition coefficient (Wildman–Crippen LogP) is 3.43. The second-order valence-electron chi connectivity index (χ2n) is 4.98. The van der Waals surface area contributed by atoms with Crippen molar-refractivity contribution in [1.82, 2.24) is 10.6 Å². The topological polar surface area (TPSA) is 58.2 Å². The third kappa shape index (κ3) is 4.71. The number of carbonyl (C=O) groups is 2. The Kier molecular flexibility index (Phi) is 6.02. The average molecular weight is 351 g/mol. The second-order valence-corrected chi connectivity index (χ2v) is 5.80. The summed E-state index contributed by atoms with van der Waals surface area (Å²) in [6.45, 7) is 1.90. The number of nitrogens with one attached hydrogen (secondary N) is 2. The van der Waals surface area contributed by atoms with Crippen LogP contribution in [0.5, 0.6) is 0 Å². The van der Waals surface area contributed by atoms with Crippen molar-refractivity contribution in [3.8, 4) is 0 Å². The van der Waals surface area contributed by atoms with Crippen molar-refractivity contribution in [3.63, 3.8) is 0 Å². The summed E-state index contributed by atoms with van der Waals surface area (Å²) >= 11 is 12.0. The summed E-state index contributed by atoms with van der Waals surface area (Å²) in [7, 11) is 0. The van der Waals surface area contributed by atoms with Crippen LogP contribution in [0.3, 0.4) is 0 Å². The van der Waals surface area contributed by atoms with Crippen LogP contribution >= 0.6 is 23.2 Å². The zero-order valence-electron chi connectivity index (χ0n) is 12.5. The van der Waals surface area contributed by atoms with Crippen molar-refractivity contribution in [2.24, 2.45) is 0 Å². The fourth-order valence-corrected chi connectivity index (χ4v) is 2.39. The Morgan fingerprint density at radius 1 is 1.00 bits per heavy atom. The normalized spacial score (nSPS) is 11.6. The Balaban J connectivity index is 1.91. The maximum Gasteiger partial charge on any atom is 0.253 e. The van der Waals surface area contributed by atoms with Gasteiger partial charge in [0, 0.05) is 11.6 Å². The molecular weight excluding hydrogens is 335 g/mol. The van der Waals surface area contributed by atoms with Gasteiger partial charge in [0.25, 0.3) is 5.91 Å². The SMILES string of the molecule is C[C@H](NC(=O)c1ccccc1Cl)C(=O)NCc1ccccc1Cl. The van der Waals surface area contributed by atoms with E-state index in [0.717, 1.165) is 5.56 Å². The molecule has 0 spiro atoms. The lowest BCUT2D eigenvalue weighted by molar-refractivity contribution is -0.122. The molecule has 2 rings (SSSR count). The molecule has 2 N–H and O–H groups in total. The van der Waals surface area contributed by atoms with Crippen molar-refractivity contribution in [2.75, 3.05) is 0 Å². The molecule has 0 radical (unpaired) electrons.